The highest BCUT2D eigenvalue weighted by atomic mass is 16.5. The number of rotatable bonds is 4. The van der Waals surface area contributed by atoms with Gasteiger partial charge in [-0.15, -0.1) is 0 Å². The first-order chi connectivity index (χ1) is 11.7. The quantitative estimate of drug-likeness (QED) is 0.868. The second-order valence-corrected chi connectivity index (χ2v) is 6.48. The van der Waals surface area contributed by atoms with E-state index < -0.39 is 0 Å². The number of hydrogen-bond acceptors (Lipinski definition) is 3. The van der Waals surface area contributed by atoms with E-state index in [-0.39, 0.29) is 12.0 Å². The molecule has 3 rings (SSSR count). The van der Waals surface area contributed by atoms with Gasteiger partial charge < -0.3 is 9.64 Å². The molecular formula is C20H24N2O2. The van der Waals surface area contributed by atoms with Gasteiger partial charge in [-0.1, -0.05) is 35.9 Å². The van der Waals surface area contributed by atoms with Crippen LogP contribution in [0.5, 0.6) is 0 Å². The molecule has 4 heteroatoms. The lowest BCUT2D eigenvalue weighted by Gasteiger charge is -2.38. The van der Waals surface area contributed by atoms with Crippen molar-refractivity contribution in [3.8, 4) is 0 Å². The Morgan fingerprint density at radius 2 is 2.17 bits per heavy atom. The third-order valence-electron chi connectivity index (χ3n) is 4.72. The minimum atomic E-state index is 0.0133. The van der Waals surface area contributed by atoms with Crippen LogP contribution < -0.4 is 0 Å². The summed E-state index contributed by atoms with van der Waals surface area (Å²) in [5.74, 6) is 0.317. The van der Waals surface area contributed by atoms with Crippen LogP contribution in [0.15, 0.2) is 48.7 Å². The molecule has 0 saturated carbocycles. The minimum Gasteiger partial charge on any atom is -0.381 e. The largest absolute Gasteiger partial charge is 0.381 e. The van der Waals surface area contributed by atoms with E-state index in [0.717, 1.165) is 19.4 Å². The highest BCUT2D eigenvalue weighted by Crippen LogP contribution is 2.25. The minimum absolute atomic E-state index is 0.0133. The first kappa shape index (κ1) is 16.7. The monoisotopic (exact) mass is 324 g/mol. The van der Waals surface area contributed by atoms with Crippen LogP contribution in [0.2, 0.25) is 0 Å². The van der Waals surface area contributed by atoms with Gasteiger partial charge in [-0.2, -0.15) is 0 Å². The Hall–Kier alpha value is -2.20. The lowest BCUT2D eigenvalue weighted by atomic mass is 9.88. The van der Waals surface area contributed by atoms with Gasteiger partial charge in [0.25, 0.3) is 5.91 Å². The van der Waals surface area contributed by atoms with Gasteiger partial charge in [-0.3, -0.25) is 9.78 Å². The molecule has 0 radical (unpaired) electrons. The smallest absolute Gasteiger partial charge is 0.272 e. The zero-order chi connectivity index (χ0) is 16.9. The van der Waals surface area contributed by atoms with Crippen molar-refractivity contribution in [2.24, 2.45) is 5.92 Å². The molecule has 1 aromatic heterocycles. The Bertz CT molecular complexity index is 687. The first-order valence-electron chi connectivity index (χ1n) is 8.46. The predicted octanol–water partition coefficient (Wildman–Crippen LogP) is 3.11. The number of amides is 1. The Balaban J connectivity index is 1.73. The SMILES string of the molecule is CO[C@@H]1CCN(C(=O)c2ccccn2)C[C@@H]1Cc1cccc(C)c1. The normalized spacial score (nSPS) is 20.8. The van der Waals surface area contributed by atoms with Crippen LogP contribution in [0.1, 0.15) is 28.0 Å². The van der Waals surface area contributed by atoms with Crippen molar-refractivity contribution in [1.82, 2.24) is 9.88 Å². The summed E-state index contributed by atoms with van der Waals surface area (Å²) < 4.78 is 5.69. The van der Waals surface area contributed by atoms with Crippen LogP contribution in [-0.2, 0) is 11.2 Å². The number of piperidine rings is 1. The number of nitrogens with zero attached hydrogens (tertiary/aromatic N) is 2. The molecule has 0 unspecified atom stereocenters. The van der Waals surface area contributed by atoms with Crippen LogP contribution in [0, 0.1) is 12.8 Å². The van der Waals surface area contributed by atoms with E-state index >= 15 is 0 Å². The molecule has 1 aromatic carbocycles. The van der Waals surface area contributed by atoms with Gasteiger partial charge in [-0.25, -0.2) is 0 Å². The van der Waals surface area contributed by atoms with Gasteiger partial charge in [-0.05, 0) is 37.5 Å². The summed E-state index contributed by atoms with van der Waals surface area (Å²) in [5.41, 5.74) is 3.08. The average Bonchev–Trinajstić information content (AvgIpc) is 2.62. The second-order valence-electron chi connectivity index (χ2n) is 6.48. The van der Waals surface area contributed by atoms with Gasteiger partial charge in [0.15, 0.2) is 0 Å². The number of hydrogen-bond donors (Lipinski definition) is 0. The van der Waals surface area contributed by atoms with Gasteiger partial charge in [0.2, 0.25) is 0 Å². The molecule has 2 heterocycles. The van der Waals surface area contributed by atoms with Crippen molar-refractivity contribution in [1.29, 1.82) is 0 Å². The zero-order valence-corrected chi connectivity index (χ0v) is 14.3. The molecule has 2 atom stereocenters. The molecule has 0 bridgehead atoms. The lowest BCUT2D eigenvalue weighted by Crippen LogP contribution is -2.47. The number of ether oxygens (including phenoxy) is 1. The third-order valence-corrected chi connectivity index (χ3v) is 4.72. The number of pyridine rings is 1. The summed E-state index contributed by atoms with van der Waals surface area (Å²) in [7, 11) is 1.77. The van der Waals surface area contributed by atoms with Crippen LogP contribution in [0.25, 0.3) is 0 Å². The van der Waals surface area contributed by atoms with Crippen LogP contribution in [0.4, 0.5) is 0 Å². The van der Waals surface area contributed by atoms with Gasteiger partial charge >= 0.3 is 0 Å². The van der Waals surface area contributed by atoms with Crippen molar-refractivity contribution in [3.05, 3.63) is 65.5 Å². The average molecular weight is 324 g/mol. The van der Waals surface area contributed by atoms with E-state index in [0.29, 0.717) is 18.2 Å². The van der Waals surface area contributed by atoms with Crippen molar-refractivity contribution in [2.75, 3.05) is 20.2 Å². The highest BCUT2D eigenvalue weighted by molar-refractivity contribution is 5.92. The number of carbonyl (C=O) groups is 1. The summed E-state index contributed by atoms with van der Waals surface area (Å²) in [6.07, 6.45) is 3.65. The van der Waals surface area contributed by atoms with Crippen LogP contribution >= 0.6 is 0 Å². The van der Waals surface area contributed by atoms with E-state index in [1.165, 1.54) is 11.1 Å². The van der Waals surface area contributed by atoms with Crippen molar-refractivity contribution in [3.63, 3.8) is 0 Å². The standard InChI is InChI=1S/C20H24N2O2/c1-15-6-5-7-16(12-15)13-17-14-22(11-9-19(17)24-2)20(23)18-8-3-4-10-21-18/h3-8,10,12,17,19H,9,11,13-14H2,1-2H3/t17-,19+/m0/s1. The maximum atomic E-state index is 12.7. The molecule has 4 nitrogen and oxygen atoms in total. The molecule has 0 N–H and O–H groups in total. The molecular weight excluding hydrogens is 300 g/mol. The molecule has 1 aliphatic heterocycles. The number of likely N-dealkylation sites (tertiary alicyclic amines) is 1. The number of methoxy groups -OCH3 is 1. The molecule has 24 heavy (non-hydrogen) atoms. The third kappa shape index (κ3) is 3.82. The summed E-state index contributed by atoms with van der Waals surface area (Å²) in [6.45, 7) is 3.54. The first-order valence-corrected chi connectivity index (χ1v) is 8.46. The van der Waals surface area contributed by atoms with E-state index in [2.05, 4.69) is 36.2 Å². The Labute approximate surface area is 143 Å². The Morgan fingerprint density at radius 1 is 1.29 bits per heavy atom. The van der Waals surface area contributed by atoms with Gasteiger partial charge in [0.1, 0.15) is 5.69 Å². The maximum Gasteiger partial charge on any atom is 0.272 e. The maximum absolute atomic E-state index is 12.7. The number of aromatic nitrogens is 1. The van der Waals surface area contributed by atoms with Crippen LogP contribution in [-0.4, -0.2) is 42.1 Å². The summed E-state index contributed by atoms with van der Waals surface area (Å²) in [5, 5.41) is 0. The predicted molar refractivity (Wildman–Crippen MR) is 93.9 cm³/mol. The fourth-order valence-electron chi connectivity index (χ4n) is 3.49. The molecule has 0 spiro atoms. The fraction of sp³-hybridized carbons (Fsp3) is 0.400. The van der Waals surface area contributed by atoms with E-state index in [1.807, 2.05) is 17.0 Å². The van der Waals surface area contributed by atoms with E-state index in [9.17, 15) is 4.79 Å². The molecule has 1 saturated heterocycles. The lowest BCUT2D eigenvalue weighted by molar-refractivity contribution is -0.00317. The zero-order valence-electron chi connectivity index (χ0n) is 14.3. The summed E-state index contributed by atoms with van der Waals surface area (Å²) in [4.78, 5) is 18.8. The van der Waals surface area contributed by atoms with Crippen molar-refractivity contribution in [2.45, 2.75) is 25.9 Å². The number of carbonyl (C=O) groups excluding carboxylic acids is 1. The number of aryl methyl sites for hydroxylation is 1. The van der Waals surface area contributed by atoms with Gasteiger partial charge in [0.05, 0.1) is 6.10 Å². The molecule has 126 valence electrons. The Morgan fingerprint density at radius 3 is 2.88 bits per heavy atom. The fourth-order valence-corrected chi connectivity index (χ4v) is 3.49. The molecule has 2 aromatic rings. The molecule has 1 aliphatic rings. The topological polar surface area (TPSA) is 42.4 Å². The Kier molecular flexibility index (Phi) is 5.26. The highest BCUT2D eigenvalue weighted by Gasteiger charge is 2.32. The summed E-state index contributed by atoms with van der Waals surface area (Å²) >= 11 is 0. The van der Waals surface area contributed by atoms with Crippen LogP contribution in [0.3, 0.4) is 0 Å². The molecule has 1 amide bonds. The van der Waals surface area contributed by atoms with Crippen molar-refractivity contribution >= 4 is 5.91 Å². The van der Waals surface area contributed by atoms with Gasteiger partial charge in [0, 0.05) is 32.3 Å². The second kappa shape index (κ2) is 7.58. The van der Waals surface area contributed by atoms with E-state index in [1.54, 1.807) is 19.4 Å². The molecule has 0 aliphatic carbocycles. The molecule has 1 fully saturated rings. The summed E-state index contributed by atoms with van der Waals surface area (Å²) in [6, 6.07) is 14.0. The van der Waals surface area contributed by atoms with Crippen molar-refractivity contribution < 1.29 is 9.53 Å². The number of benzene rings is 1. The van der Waals surface area contributed by atoms with E-state index in [4.69, 9.17) is 4.74 Å².